The molecule has 0 aliphatic carbocycles. The molecule has 96 valence electrons. The molecule has 0 radical (unpaired) electrons. The molecule has 0 aromatic heterocycles. The van der Waals surface area contributed by atoms with E-state index in [0.29, 0.717) is 5.25 Å². The van der Waals surface area contributed by atoms with Gasteiger partial charge in [-0.3, -0.25) is 0 Å². The van der Waals surface area contributed by atoms with Crippen molar-refractivity contribution < 1.29 is 4.39 Å². The molecule has 0 aliphatic heterocycles. The van der Waals surface area contributed by atoms with E-state index in [2.05, 4.69) is 19.2 Å². The lowest BCUT2D eigenvalue weighted by Gasteiger charge is -2.12. The Balaban J connectivity index is 2.12. The van der Waals surface area contributed by atoms with Crippen LogP contribution < -0.4 is 5.32 Å². The predicted molar refractivity (Wildman–Crippen MR) is 76.1 cm³/mol. The molecule has 1 atom stereocenters. The topological polar surface area (TPSA) is 12.0 Å². The molecule has 0 unspecified atom stereocenters. The van der Waals surface area contributed by atoms with Crippen molar-refractivity contribution in [2.45, 2.75) is 44.8 Å². The maximum absolute atomic E-state index is 12.7. The number of rotatable bonds is 8. The van der Waals surface area contributed by atoms with Crippen LogP contribution in [-0.4, -0.2) is 11.1 Å². The molecule has 1 aromatic carbocycles. The Bertz CT molecular complexity index is 300. The Morgan fingerprint density at radius 2 is 1.94 bits per heavy atom. The first-order chi connectivity index (χ1) is 8.22. The number of nitrogens with one attached hydrogen (secondary N) is 1. The normalized spacial score (nSPS) is 12.4. The van der Waals surface area contributed by atoms with Gasteiger partial charge in [-0.25, -0.2) is 4.39 Å². The van der Waals surface area contributed by atoms with Gasteiger partial charge in [0.25, 0.3) is 0 Å². The van der Waals surface area contributed by atoms with Crippen LogP contribution in [0.3, 0.4) is 0 Å². The standard InChI is InChI=1S/C14H22FNS/c1-3-4-5-6-12(2)17-11-16-14-9-7-13(15)8-10-14/h7-10,12,16H,3-6,11H2,1-2H3/t12-/m0/s1. The van der Waals surface area contributed by atoms with Crippen LogP contribution in [0.5, 0.6) is 0 Å². The van der Waals surface area contributed by atoms with Crippen molar-refractivity contribution in [1.82, 2.24) is 0 Å². The zero-order valence-electron chi connectivity index (χ0n) is 10.7. The average Bonchev–Trinajstić information content (AvgIpc) is 2.32. The number of halogens is 1. The Morgan fingerprint density at radius 3 is 2.59 bits per heavy atom. The Hall–Kier alpha value is -0.700. The zero-order valence-corrected chi connectivity index (χ0v) is 11.5. The van der Waals surface area contributed by atoms with Gasteiger partial charge in [-0.1, -0.05) is 33.1 Å². The smallest absolute Gasteiger partial charge is 0.123 e. The van der Waals surface area contributed by atoms with Gasteiger partial charge < -0.3 is 5.32 Å². The van der Waals surface area contributed by atoms with Crippen molar-refractivity contribution in [1.29, 1.82) is 0 Å². The lowest BCUT2D eigenvalue weighted by Crippen LogP contribution is -2.04. The summed E-state index contributed by atoms with van der Waals surface area (Å²) in [5.41, 5.74) is 0.986. The number of unbranched alkanes of at least 4 members (excludes halogenated alkanes) is 2. The molecule has 0 bridgehead atoms. The first-order valence-electron chi connectivity index (χ1n) is 6.33. The fraction of sp³-hybridized carbons (Fsp3) is 0.571. The van der Waals surface area contributed by atoms with E-state index in [9.17, 15) is 4.39 Å². The first kappa shape index (κ1) is 14.4. The van der Waals surface area contributed by atoms with E-state index >= 15 is 0 Å². The Morgan fingerprint density at radius 1 is 1.24 bits per heavy atom. The highest BCUT2D eigenvalue weighted by molar-refractivity contribution is 7.99. The van der Waals surface area contributed by atoms with Crippen LogP contribution in [0.15, 0.2) is 24.3 Å². The predicted octanol–water partition coefficient (Wildman–Crippen LogP) is 4.90. The quantitative estimate of drug-likeness (QED) is 0.524. The average molecular weight is 255 g/mol. The molecule has 1 N–H and O–H groups in total. The summed E-state index contributed by atoms with van der Waals surface area (Å²) in [6, 6.07) is 6.52. The van der Waals surface area contributed by atoms with Crippen molar-refractivity contribution in [3.05, 3.63) is 30.1 Å². The maximum atomic E-state index is 12.7. The van der Waals surface area contributed by atoms with E-state index in [1.165, 1.54) is 37.8 Å². The zero-order chi connectivity index (χ0) is 12.5. The minimum atomic E-state index is -0.184. The number of hydrogen-bond acceptors (Lipinski definition) is 2. The van der Waals surface area contributed by atoms with Gasteiger partial charge in [0.1, 0.15) is 5.82 Å². The summed E-state index contributed by atoms with van der Waals surface area (Å²) in [5.74, 6) is 0.704. The second kappa shape index (κ2) is 8.40. The summed E-state index contributed by atoms with van der Waals surface area (Å²) in [6.07, 6.45) is 5.21. The van der Waals surface area contributed by atoms with Gasteiger partial charge in [0.05, 0.1) is 5.88 Å². The highest BCUT2D eigenvalue weighted by Crippen LogP contribution is 2.18. The molecule has 3 heteroatoms. The van der Waals surface area contributed by atoms with E-state index in [0.717, 1.165) is 11.6 Å². The van der Waals surface area contributed by atoms with Gasteiger partial charge in [0.15, 0.2) is 0 Å². The second-order valence-corrected chi connectivity index (χ2v) is 5.73. The van der Waals surface area contributed by atoms with Gasteiger partial charge >= 0.3 is 0 Å². The molecule has 0 fully saturated rings. The van der Waals surface area contributed by atoms with Crippen LogP contribution in [0.2, 0.25) is 0 Å². The van der Waals surface area contributed by atoms with E-state index in [-0.39, 0.29) is 5.82 Å². The third-order valence-corrected chi connectivity index (χ3v) is 3.82. The molecule has 0 saturated heterocycles. The molecule has 0 saturated carbocycles. The van der Waals surface area contributed by atoms with Gasteiger partial charge in [-0.05, 0) is 30.7 Å². The van der Waals surface area contributed by atoms with Crippen molar-refractivity contribution >= 4 is 17.4 Å². The summed E-state index contributed by atoms with van der Waals surface area (Å²) < 4.78 is 12.7. The minimum Gasteiger partial charge on any atom is -0.376 e. The van der Waals surface area contributed by atoms with Crippen molar-refractivity contribution in [3.8, 4) is 0 Å². The SMILES string of the molecule is CCCCC[C@H](C)SCNc1ccc(F)cc1. The molecule has 0 aliphatic rings. The van der Waals surface area contributed by atoms with Crippen LogP contribution >= 0.6 is 11.8 Å². The fourth-order valence-corrected chi connectivity index (χ4v) is 2.47. The van der Waals surface area contributed by atoms with E-state index < -0.39 is 0 Å². The number of thioether (sulfide) groups is 1. The number of benzene rings is 1. The second-order valence-electron chi connectivity index (χ2n) is 4.30. The monoisotopic (exact) mass is 255 g/mol. The van der Waals surface area contributed by atoms with Crippen LogP contribution in [-0.2, 0) is 0 Å². The van der Waals surface area contributed by atoms with Gasteiger partial charge in [0, 0.05) is 10.9 Å². The third kappa shape index (κ3) is 6.57. The van der Waals surface area contributed by atoms with Crippen molar-refractivity contribution in [2.24, 2.45) is 0 Å². The van der Waals surface area contributed by atoms with Gasteiger partial charge in [0.2, 0.25) is 0 Å². The van der Waals surface area contributed by atoms with E-state index in [1.54, 1.807) is 12.1 Å². The molecule has 0 heterocycles. The molecule has 0 spiro atoms. The summed E-state index contributed by atoms with van der Waals surface area (Å²) in [4.78, 5) is 0. The van der Waals surface area contributed by atoms with Crippen LogP contribution in [0.25, 0.3) is 0 Å². The number of anilines is 1. The highest BCUT2D eigenvalue weighted by atomic mass is 32.2. The molecule has 17 heavy (non-hydrogen) atoms. The molecule has 0 amide bonds. The van der Waals surface area contributed by atoms with Crippen LogP contribution in [0.4, 0.5) is 10.1 Å². The lowest BCUT2D eigenvalue weighted by atomic mass is 10.2. The van der Waals surface area contributed by atoms with Gasteiger partial charge in [-0.15, -0.1) is 11.8 Å². The van der Waals surface area contributed by atoms with E-state index in [4.69, 9.17) is 0 Å². The van der Waals surface area contributed by atoms with Crippen molar-refractivity contribution in [2.75, 3.05) is 11.2 Å². The maximum Gasteiger partial charge on any atom is 0.123 e. The molecule has 1 rings (SSSR count). The summed E-state index contributed by atoms with van der Waals surface area (Å²) >= 11 is 1.92. The summed E-state index contributed by atoms with van der Waals surface area (Å²) in [7, 11) is 0. The third-order valence-electron chi connectivity index (χ3n) is 2.70. The summed E-state index contributed by atoms with van der Waals surface area (Å²) in [6.45, 7) is 4.50. The highest BCUT2D eigenvalue weighted by Gasteiger charge is 2.01. The largest absolute Gasteiger partial charge is 0.376 e. The molecular weight excluding hydrogens is 233 g/mol. The van der Waals surface area contributed by atoms with Gasteiger partial charge in [-0.2, -0.15) is 0 Å². The minimum absolute atomic E-state index is 0.184. The first-order valence-corrected chi connectivity index (χ1v) is 7.38. The molecule has 1 nitrogen and oxygen atoms in total. The lowest BCUT2D eigenvalue weighted by molar-refractivity contribution is 0.628. The van der Waals surface area contributed by atoms with E-state index in [1.807, 2.05) is 11.8 Å². The van der Waals surface area contributed by atoms with Crippen molar-refractivity contribution in [3.63, 3.8) is 0 Å². The molecular formula is C14H22FNS. The summed E-state index contributed by atoms with van der Waals surface area (Å²) in [5, 5.41) is 3.98. The Labute approximate surface area is 108 Å². The van der Waals surface area contributed by atoms with Crippen LogP contribution in [0, 0.1) is 5.82 Å². The fourth-order valence-electron chi connectivity index (χ4n) is 1.60. The van der Waals surface area contributed by atoms with Crippen LogP contribution in [0.1, 0.15) is 39.5 Å². The number of hydrogen-bond donors (Lipinski definition) is 1. The molecule has 1 aromatic rings. The Kier molecular flexibility index (Phi) is 7.10.